The highest BCUT2D eigenvalue weighted by Crippen LogP contribution is 2.19. The zero-order chi connectivity index (χ0) is 11.4. The van der Waals surface area contributed by atoms with E-state index in [2.05, 4.69) is 25.1 Å². The Hall–Kier alpha value is -1.21. The average Bonchev–Trinajstić information content (AvgIpc) is 2.66. The summed E-state index contributed by atoms with van der Waals surface area (Å²) < 4.78 is 3.93. The van der Waals surface area contributed by atoms with Crippen molar-refractivity contribution in [3.05, 3.63) is 5.69 Å². The van der Waals surface area contributed by atoms with Crippen molar-refractivity contribution in [1.82, 2.24) is 19.8 Å². The Balaban J connectivity index is 1.97. The Morgan fingerprint density at radius 3 is 3.25 bits per heavy atom. The molecule has 1 saturated heterocycles. The van der Waals surface area contributed by atoms with Crippen molar-refractivity contribution < 1.29 is 4.79 Å². The van der Waals surface area contributed by atoms with Gasteiger partial charge in [0, 0.05) is 37.7 Å². The van der Waals surface area contributed by atoms with Crippen molar-refractivity contribution >= 4 is 22.4 Å². The molecule has 16 heavy (non-hydrogen) atoms. The third-order valence-corrected chi connectivity index (χ3v) is 3.11. The van der Waals surface area contributed by atoms with E-state index in [0.29, 0.717) is 19.6 Å². The number of carbonyl (C=O) groups excluding carboxylic acids is 1. The highest BCUT2D eigenvalue weighted by molar-refractivity contribution is 7.10. The van der Waals surface area contributed by atoms with Crippen LogP contribution in [0.2, 0.25) is 0 Å². The highest BCUT2D eigenvalue weighted by atomic mass is 32.1. The number of piperazine rings is 1. The second-order valence-electron chi connectivity index (χ2n) is 3.64. The van der Waals surface area contributed by atoms with E-state index in [4.69, 9.17) is 0 Å². The SMILES string of the molecule is CCNc1snnc1CN1CCNC(=O)C1. The van der Waals surface area contributed by atoms with Gasteiger partial charge in [-0.05, 0) is 6.92 Å². The van der Waals surface area contributed by atoms with Crippen LogP contribution in [0.1, 0.15) is 12.6 Å². The third-order valence-electron chi connectivity index (χ3n) is 2.38. The molecule has 1 aromatic rings. The first-order valence-electron chi connectivity index (χ1n) is 5.33. The summed E-state index contributed by atoms with van der Waals surface area (Å²) in [6, 6.07) is 0. The molecule has 0 saturated carbocycles. The summed E-state index contributed by atoms with van der Waals surface area (Å²) in [4.78, 5) is 13.3. The van der Waals surface area contributed by atoms with Gasteiger partial charge >= 0.3 is 0 Å². The van der Waals surface area contributed by atoms with Gasteiger partial charge in [0.05, 0.1) is 6.54 Å². The Morgan fingerprint density at radius 2 is 2.50 bits per heavy atom. The summed E-state index contributed by atoms with van der Waals surface area (Å²) >= 11 is 1.36. The molecule has 2 rings (SSSR count). The summed E-state index contributed by atoms with van der Waals surface area (Å²) in [6.07, 6.45) is 0. The standard InChI is InChI=1S/C9H15N5OS/c1-2-10-9-7(12-13-16-9)5-14-4-3-11-8(15)6-14/h10H,2-6H2,1H3,(H,11,15). The zero-order valence-electron chi connectivity index (χ0n) is 9.19. The Morgan fingerprint density at radius 1 is 1.62 bits per heavy atom. The average molecular weight is 241 g/mol. The number of hydrogen-bond acceptors (Lipinski definition) is 6. The molecule has 0 aliphatic carbocycles. The molecule has 2 heterocycles. The molecule has 0 aromatic carbocycles. The van der Waals surface area contributed by atoms with E-state index < -0.39 is 0 Å². The minimum absolute atomic E-state index is 0.0828. The zero-order valence-corrected chi connectivity index (χ0v) is 10.0. The second kappa shape index (κ2) is 5.22. The maximum atomic E-state index is 11.2. The lowest BCUT2D eigenvalue weighted by Crippen LogP contribution is -2.47. The van der Waals surface area contributed by atoms with Crippen LogP contribution in [0.3, 0.4) is 0 Å². The molecule has 1 aliphatic heterocycles. The quantitative estimate of drug-likeness (QED) is 0.770. The van der Waals surface area contributed by atoms with Crippen molar-refractivity contribution in [3.63, 3.8) is 0 Å². The molecular formula is C9H15N5OS. The maximum absolute atomic E-state index is 11.2. The fourth-order valence-corrected chi connectivity index (χ4v) is 2.29. The van der Waals surface area contributed by atoms with Gasteiger partial charge in [0.15, 0.2) is 0 Å². The van der Waals surface area contributed by atoms with E-state index in [1.54, 1.807) is 0 Å². The van der Waals surface area contributed by atoms with Crippen LogP contribution in [0.5, 0.6) is 0 Å². The van der Waals surface area contributed by atoms with Gasteiger partial charge in [0.1, 0.15) is 10.7 Å². The first-order chi connectivity index (χ1) is 7.79. The fraction of sp³-hybridized carbons (Fsp3) is 0.667. The maximum Gasteiger partial charge on any atom is 0.234 e. The number of hydrogen-bond donors (Lipinski definition) is 2. The predicted octanol–water partition coefficient (Wildman–Crippen LogP) is -0.0983. The topological polar surface area (TPSA) is 70.2 Å². The van der Waals surface area contributed by atoms with Gasteiger partial charge in [-0.25, -0.2) is 0 Å². The lowest BCUT2D eigenvalue weighted by atomic mass is 10.3. The van der Waals surface area contributed by atoms with Crippen molar-refractivity contribution in [3.8, 4) is 0 Å². The minimum atomic E-state index is 0.0828. The van der Waals surface area contributed by atoms with Gasteiger partial charge < -0.3 is 10.6 Å². The molecule has 6 nitrogen and oxygen atoms in total. The second-order valence-corrected chi connectivity index (χ2v) is 4.39. The van der Waals surface area contributed by atoms with Gasteiger partial charge in [-0.15, -0.1) is 5.10 Å². The van der Waals surface area contributed by atoms with Crippen LogP contribution >= 0.6 is 11.5 Å². The molecule has 7 heteroatoms. The van der Waals surface area contributed by atoms with E-state index in [9.17, 15) is 4.79 Å². The van der Waals surface area contributed by atoms with Crippen LogP contribution in [0.4, 0.5) is 5.00 Å². The van der Waals surface area contributed by atoms with Gasteiger partial charge in [-0.1, -0.05) is 4.49 Å². The number of nitrogens with one attached hydrogen (secondary N) is 2. The van der Waals surface area contributed by atoms with E-state index in [1.807, 2.05) is 6.92 Å². The van der Waals surface area contributed by atoms with Crippen LogP contribution in [0, 0.1) is 0 Å². The lowest BCUT2D eigenvalue weighted by Gasteiger charge is -2.25. The summed E-state index contributed by atoms with van der Waals surface area (Å²) in [5.41, 5.74) is 0.932. The molecule has 1 amide bonds. The molecule has 0 unspecified atom stereocenters. The van der Waals surface area contributed by atoms with Crippen LogP contribution in [-0.4, -0.2) is 46.6 Å². The van der Waals surface area contributed by atoms with Gasteiger partial charge in [-0.2, -0.15) is 0 Å². The molecule has 0 atom stereocenters. The Labute approximate surface area is 98.2 Å². The van der Waals surface area contributed by atoms with Crippen LogP contribution in [0.25, 0.3) is 0 Å². The molecule has 1 fully saturated rings. The highest BCUT2D eigenvalue weighted by Gasteiger charge is 2.18. The van der Waals surface area contributed by atoms with Gasteiger partial charge in [0.25, 0.3) is 0 Å². The van der Waals surface area contributed by atoms with Crippen molar-refractivity contribution in [2.24, 2.45) is 0 Å². The molecule has 2 N–H and O–H groups in total. The van der Waals surface area contributed by atoms with Crippen LogP contribution in [0.15, 0.2) is 0 Å². The van der Waals surface area contributed by atoms with E-state index in [0.717, 1.165) is 23.8 Å². The van der Waals surface area contributed by atoms with Crippen molar-refractivity contribution in [1.29, 1.82) is 0 Å². The molecule has 0 radical (unpaired) electrons. The normalized spacial score (nSPS) is 17.2. The molecule has 0 bridgehead atoms. The first-order valence-corrected chi connectivity index (χ1v) is 6.11. The monoisotopic (exact) mass is 241 g/mol. The number of carbonyl (C=O) groups is 1. The Bertz CT molecular complexity index is 367. The molecule has 0 spiro atoms. The number of anilines is 1. The van der Waals surface area contributed by atoms with Crippen molar-refractivity contribution in [2.75, 3.05) is 31.5 Å². The number of rotatable bonds is 4. The molecule has 1 aromatic heterocycles. The fourth-order valence-electron chi connectivity index (χ4n) is 1.65. The Kier molecular flexibility index (Phi) is 3.68. The molecular weight excluding hydrogens is 226 g/mol. The van der Waals surface area contributed by atoms with E-state index >= 15 is 0 Å². The lowest BCUT2D eigenvalue weighted by molar-refractivity contribution is -0.124. The predicted molar refractivity (Wildman–Crippen MR) is 62.4 cm³/mol. The van der Waals surface area contributed by atoms with Gasteiger partial charge in [0.2, 0.25) is 5.91 Å². The van der Waals surface area contributed by atoms with Crippen molar-refractivity contribution in [2.45, 2.75) is 13.5 Å². The van der Waals surface area contributed by atoms with E-state index in [-0.39, 0.29) is 5.91 Å². The van der Waals surface area contributed by atoms with Gasteiger partial charge in [-0.3, -0.25) is 9.69 Å². The summed E-state index contributed by atoms with van der Waals surface area (Å²) in [6.45, 7) is 5.62. The minimum Gasteiger partial charge on any atom is -0.374 e. The summed E-state index contributed by atoms with van der Waals surface area (Å²) in [5, 5.41) is 11.1. The molecule has 1 aliphatic rings. The summed E-state index contributed by atoms with van der Waals surface area (Å²) in [5.74, 6) is 0.0828. The number of amides is 1. The summed E-state index contributed by atoms with van der Waals surface area (Å²) in [7, 11) is 0. The van der Waals surface area contributed by atoms with Crippen LogP contribution in [-0.2, 0) is 11.3 Å². The smallest absolute Gasteiger partial charge is 0.234 e. The third kappa shape index (κ3) is 2.67. The van der Waals surface area contributed by atoms with E-state index in [1.165, 1.54) is 11.5 Å². The largest absolute Gasteiger partial charge is 0.374 e. The first kappa shape index (κ1) is 11.3. The number of nitrogens with zero attached hydrogens (tertiary/aromatic N) is 3. The number of aromatic nitrogens is 2. The molecule has 88 valence electrons. The van der Waals surface area contributed by atoms with Crippen LogP contribution < -0.4 is 10.6 Å².